The molecule has 0 saturated carbocycles. The number of hydrogen-bond donors (Lipinski definition) is 3. The zero-order valence-corrected chi connectivity index (χ0v) is 15.4. The molecule has 144 valence electrons. The molecule has 3 rings (SSSR count). The van der Waals surface area contributed by atoms with Crippen molar-refractivity contribution >= 4 is 17.6 Å². The van der Waals surface area contributed by atoms with Crippen LogP contribution in [0.5, 0.6) is 11.5 Å². The van der Waals surface area contributed by atoms with E-state index in [1.54, 1.807) is 22.9 Å². The van der Waals surface area contributed by atoms with Gasteiger partial charge in [0.05, 0.1) is 12.7 Å². The van der Waals surface area contributed by atoms with Crippen LogP contribution in [0, 0.1) is 0 Å². The second-order valence-electron chi connectivity index (χ2n) is 6.64. The van der Waals surface area contributed by atoms with Crippen LogP contribution in [0.15, 0.2) is 23.0 Å². The number of ether oxygens (including phenoxy) is 2. The molecule has 0 spiro atoms. The summed E-state index contributed by atoms with van der Waals surface area (Å²) >= 11 is 0. The number of fused-ring (bicyclic) bond motifs is 1. The highest BCUT2D eigenvalue weighted by Crippen LogP contribution is 2.39. The van der Waals surface area contributed by atoms with Gasteiger partial charge in [0, 0.05) is 18.4 Å². The highest BCUT2D eigenvalue weighted by Gasteiger charge is 2.33. The second-order valence-corrected chi connectivity index (χ2v) is 6.64. The van der Waals surface area contributed by atoms with Gasteiger partial charge < -0.3 is 20.5 Å². The highest BCUT2D eigenvalue weighted by molar-refractivity contribution is 5.94. The van der Waals surface area contributed by atoms with Crippen LogP contribution in [0.2, 0.25) is 0 Å². The van der Waals surface area contributed by atoms with Crippen LogP contribution in [-0.4, -0.2) is 35.3 Å². The molecule has 1 aliphatic heterocycles. The number of anilines is 1. The van der Waals surface area contributed by atoms with Gasteiger partial charge in [0.25, 0.3) is 11.5 Å². The third-order valence-electron chi connectivity index (χ3n) is 4.43. The summed E-state index contributed by atoms with van der Waals surface area (Å²) in [5, 5.41) is 5.56. The first-order valence-electron chi connectivity index (χ1n) is 8.55. The third-order valence-corrected chi connectivity index (χ3v) is 4.43. The highest BCUT2D eigenvalue weighted by atomic mass is 16.5. The Morgan fingerprint density at radius 2 is 2.07 bits per heavy atom. The number of H-pyrrole nitrogens is 1. The number of primary amides is 1. The van der Waals surface area contributed by atoms with Crippen LogP contribution in [0.1, 0.15) is 43.4 Å². The lowest BCUT2D eigenvalue weighted by Gasteiger charge is -2.24. The number of benzene rings is 1. The van der Waals surface area contributed by atoms with Crippen molar-refractivity contribution in [3.8, 4) is 11.5 Å². The molecule has 0 aliphatic carbocycles. The lowest BCUT2D eigenvalue weighted by molar-refractivity contribution is -0.120. The first-order chi connectivity index (χ1) is 12.8. The van der Waals surface area contributed by atoms with E-state index in [1.807, 2.05) is 13.8 Å². The van der Waals surface area contributed by atoms with E-state index >= 15 is 0 Å². The average molecular weight is 374 g/mol. The fourth-order valence-corrected chi connectivity index (χ4v) is 3.23. The molecule has 0 fully saturated rings. The lowest BCUT2D eigenvalue weighted by atomic mass is 9.87. The molecule has 9 nitrogen and oxygen atoms in total. The molecular weight excluding hydrogens is 352 g/mol. The summed E-state index contributed by atoms with van der Waals surface area (Å²) in [6, 6.07) is 5.09. The molecule has 1 atom stereocenters. The summed E-state index contributed by atoms with van der Waals surface area (Å²) < 4.78 is 12.3. The Morgan fingerprint density at radius 3 is 2.70 bits per heavy atom. The predicted octanol–water partition coefficient (Wildman–Crippen LogP) is 1.10. The smallest absolute Gasteiger partial charge is 0.270 e. The maximum absolute atomic E-state index is 12.6. The predicted molar refractivity (Wildman–Crippen MR) is 98.2 cm³/mol. The molecule has 9 heteroatoms. The Kier molecular flexibility index (Phi) is 4.93. The van der Waals surface area contributed by atoms with Crippen molar-refractivity contribution in [1.29, 1.82) is 0 Å². The normalized spacial score (nSPS) is 16.0. The molecule has 2 amide bonds. The van der Waals surface area contributed by atoms with Crippen molar-refractivity contribution in [3.63, 3.8) is 0 Å². The second kappa shape index (κ2) is 7.18. The monoisotopic (exact) mass is 374 g/mol. The van der Waals surface area contributed by atoms with E-state index in [1.165, 1.54) is 7.11 Å². The van der Waals surface area contributed by atoms with E-state index in [-0.39, 0.29) is 30.5 Å². The van der Waals surface area contributed by atoms with Gasteiger partial charge in [-0.15, -0.1) is 0 Å². The summed E-state index contributed by atoms with van der Waals surface area (Å²) in [6.45, 7) is 3.52. The van der Waals surface area contributed by atoms with Gasteiger partial charge in [-0.25, -0.2) is 0 Å². The molecule has 0 bridgehead atoms. The van der Waals surface area contributed by atoms with Crippen molar-refractivity contribution in [2.24, 2.45) is 5.73 Å². The minimum absolute atomic E-state index is 0.0224. The number of nitrogens with zero attached hydrogens (tertiary/aromatic N) is 1. The van der Waals surface area contributed by atoms with E-state index < -0.39 is 11.8 Å². The van der Waals surface area contributed by atoms with Gasteiger partial charge in [-0.2, -0.15) is 0 Å². The summed E-state index contributed by atoms with van der Waals surface area (Å²) in [7, 11) is 1.48. The number of carbonyl (C=O) groups is 2. The SMILES string of the molecule is COc1ccc([C@H]2CC(=O)Nc3c2c(=O)[nH]n3C(C)C)cc1OCC(N)=O. The van der Waals surface area contributed by atoms with Gasteiger partial charge in [-0.05, 0) is 31.5 Å². The molecule has 2 heterocycles. The van der Waals surface area contributed by atoms with Gasteiger partial charge in [0.15, 0.2) is 18.1 Å². The Morgan fingerprint density at radius 1 is 1.33 bits per heavy atom. The maximum Gasteiger partial charge on any atom is 0.270 e. The Labute approximate surface area is 155 Å². The zero-order chi connectivity index (χ0) is 19.7. The van der Waals surface area contributed by atoms with E-state index in [0.717, 1.165) is 0 Å². The first-order valence-corrected chi connectivity index (χ1v) is 8.55. The van der Waals surface area contributed by atoms with Crippen molar-refractivity contribution < 1.29 is 19.1 Å². The Balaban J connectivity index is 2.07. The number of nitrogens with two attached hydrogens (primary N) is 1. The topological polar surface area (TPSA) is 128 Å². The van der Waals surface area contributed by atoms with Gasteiger partial charge in [0.2, 0.25) is 5.91 Å². The number of nitrogens with one attached hydrogen (secondary N) is 2. The molecule has 0 radical (unpaired) electrons. The van der Waals surface area contributed by atoms with E-state index in [0.29, 0.717) is 28.4 Å². The van der Waals surface area contributed by atoms with Crippen LogP contribution >= 0.6 is 0 Å². The molecular formula is C18H22N4O5. The standard InChI is InChI=1S/C18H22N4O5/c1-9(2)22-17-16(18(25)21-22)11(7-15(24)20-17)10-4-5-12(26-3)13(6-10)27-8-14(19)23/h4-6,9,11H,7-8H2,1-3H3,(H2,19,23)(H,20,24)(H,21,25)/t11-/m1/s1. The Bertz CT molecular complexity index is 944. The molecule has 1 aromatic carbocycles. The molecule has 0 unspecified atom stereocenters. The first kappa shape index (κ1) is 18.6. The number of hydrogen-bond acceptors (Lipinski definition) is 5. The van der Waals surface area contributed by atoms with Gasteiger partial charge in [0.1, 0.15) is 5.82 Å². The largest absolute Gasteiger partial charge is 0.493 e. The van der Waals surface area contributed by atoms with Gasteiger partial charge in [-0.1, -0.05) is 6.07 Å². The third kappa shape index (κ3) is 3.53. The zero-order valence-electron chi connectivity index (χ0n) is 15.4. The molecule has 1 aliphatic rings. The van der Waals surface area contributed by atoms with Crippen molar-refractivity contribution in [2.45, 2.75) is 32.2 Å². The van der Waals surface area contributed by atoms with Crippen molar-refractivity contribution in [2.75, 3.05) is 19.0 Å². The summed E-state index contributed by atoms with van der Waals surface area (Å²) in [4.78, 5) is 35.8. The summed E-state index contributed by atoms with van der Waals surface area (Å²) in [6.07, 6.45) is 0.125. The van der Waals surface area contributed by atoms with E-state index in [9.17, 15) is 14.4 Å². The minimum atomic E-state index is -0.618. The molecule has 27 heavy (non-hydrogen) atoms. The number of aromatic nitrogens is 2. The summed E-state index contributed by atoms with van der Waals surface area (Å²) in [5.74, 6) is -0.0234. The van der Waals surface area contributed by atoms with Crippen molar-refractivity contribution in [3.05, 3.63) is 39.7 Å². The van der Waals surface area contributed by atoms with Crippen LogP contribution < -0.4 is 26.1 Å². The van der Waals surface area contributed by atoms with Crippen LogP contribution in [-0.2, 0) is 9.59 Å². The lowest BCUT2D eigenvalue weighted by Crippen LogP contribution is -2.27. The van der Waals surface area contributed by atoms with Crippen LogP contribution in [0.25, 0.3) is 0 Å². The number of aromatic amines is 1. The number of methoxy groups -OCH3 is 1. The van der Waals surface area contributed by atoms with Crippen LogP contribution in [0.4, 0.5) is 5.82 Å². The fraction of sp³-hybridized carbons (Fsp3) is 0.389. The van der Waals surface area contributed by atoms with Gasteiger partial charge >= 0.3 is 0 Å². The number of amides is 2. The van der Waals surface area contributed by atoms with Crippen LogP contribution in [0.3, 0.4) is 0 Å². The van der Waals surface area contributed by atoms with E-state index in [2.05, 4.69) is 10.4 Å². The summed E-state index contributed by atoms with van der Waals surface area (Å²) in [5.41, 5.74) is 6.09. The fourth-order valence-electron chi connectivity index (χ4n) is 3.23. The maximum atomic E-state index is 12.6. The molecule has 0 saturated heterocycles. The van der Waals surface area contributed by atoms with Crippen molar-refractivity contribution in [1.82, 2.24) is 9.78 Å². The quantitative estimate of drug-likeness (QED) is 0.697. The number of rotatable bonds is 6. The average Bonchev–Trinajstić information content (AvgIpc) is 2.95. The van der Waals surface area contributed by atoms with Gasteiger partial charge in [-0.3, -0.25) is 24.2 Å². The van der Waals surface area contributed by atoms with E-state index in [4.69, 9.17) is 15.2 Å². The molecule has 4 N–H and O–H groups in total. The Hall–Kier alpha value is -3.23. The number of carbonyl (C=O) groups excluding carboxylic acids is 2. The molecule has 2 aromatic rings. The molecule has 1 aromatic heterocycles. The minimum Gasteiger partial charge on any atom is -0.493 e.